The van der Waals surface area contributed by atoms with Crippen LogP contribution < -0.4 is 5.32 Å². The topological polar surface area (TPSA) is 49.4 Å². The standard InChI is InChI=1S/C20H22ClFN2O2/c1-3-18(20(26)23-2)24(13-15-9-4-6-10-16(15)21)19(25)12-14-8-5-7-11-17(14)22/h4-11,18H,3,12-13H2,1-2H3,(H,23,26). The number of nitrogens with one attached hydrogen (secondary N) is 1. The first-order chi connectivity index (χ1) is 12.5. The van der Waals surface area contributed by atoms with E-state index in [0.29, 0.717) is 17.0 Å². The number of carbonyl (C=O) groups is 2. The second-order valence-corrected chi connectivity index (χ2v) is 6.33. The Balaban J connectivity index is 2.32. The predicted octanol–water partition coefficient (Wildman–Crippen LogP) is 3.58. The van der Waals surface area contributed by atoms with Gasteiger partial charge >= 0.3 is 0 Å². The van der Waals surface area contributed by atoms with Crippen LogP contribution in [0.2, 0.25) is 5.02 Å². The van der Waals surface area contributed by atoms with Crippen molar-refractivity contribution in [2.75, 3.05) is 7.05 Å². The summed E-state index contributed by atoms with van der Waals surface area (Å²) in [6.45, 7) is 2.01. The molecule has 0 aromatic heterocycles. The Hall–Kier alpha value is -2.40. The average molecular weight is 377 g/mol. The van der Waals surface area contributed by atoms with Gasteiger partial charge in [-0.15, -0.1) is 0 Å². The van der Waals surface area contributed by atoms with E-state index < -0.39 is 11.9 Å². The Labute approximate surface area is 158 Å². The van der Waals surface area contributed by atoms with Crippen LogP contribution in [-0.4, -0.2) is 29.8 Å². The largest absolute Gasteiger partial charge is 0.357 e. The fourth-order valence-electron chi connectivity index (χ4n) is 2.80. The molecule has 2 aromatic rings. The first-order valence-corrected chi connectivity index (χ1v) is 8.83. The first-order valence-electron chi connectivity index (χ1n) is 8.45. The van der Waals surface area contributed by atoms with Crippen LogP contribution in [0.4, 0.5) is 4.39 Å². The maximum atomic E-state index is 13.9. The van der Waals surface area contributed by atoms with Gasteiger partial charge in [-0.1, -0.05) is 54.9 Å². The highest BCUT2D eigenvalue weighted by molar-refractivity contribution is 6.31. The van der Waals surface area contributed by atoms with E-state index in [1.165, 1.54) is 18.0 Å². The van der Waals surface area contributed by atoms with Crippen LogP contribution in [0.5, 0.6) is 0 Å². The summed E-state index contributed by atoms with van der Waals surface area (Å²) in [4.78, 5) is 26.7. The van der Waals surface area contributed by atoms with Gasteiger partial charge in [-0.3, -0.25) is 9.59 Å². The van der Waals surface area contributed by atoms with E-state index in [9.17, 15) is 14.0 Å². The van der Waals surface area contributed by atoms with Gasteiger partial charge in [0.1, 0.15) is 11.9 Å². The minimum absolute atomic E-state index is 0.120. The average Bonchev–Trinajstić information content (AvgIpc) is 2.64. The molecule has 2 amide bonds. The summed E-state index contributed by atoms with van der Waals surface area (Å²) in [5.74, 6) is -1.03. The number of hydrogen-bond acceptors (Lipinski definition) is 2. The van der Waals surface area contributed by atoms with Crippen molar-refractivity contribution in [1.82, 2.24) is 10.2 Å². The minimum Gasteiger partial charge on any atom is -0.357 e. The van der Waals surface area contributed by atoms with Crippen molar-refractivity contribution >= 4 is 23.4 Å². The molecule has 26 heavy (non-hydrogen) atoms. The Bertz CT molecular complexity index is 782. The molecular weight excluding hydrogens is 355 g/mol. The number of amides is 2. The number of rotatable bonds is 7. The van der Waals surface area contributed by atoms with Crippen molar-refractivity contribution in [3.63, 3.8) is 0 Å². The Morgan fingerprint density at radius 3 is 2.31 bits per heavy atom. The highest BCUT2D eigenvalue weighted by Crippen LogP contribution is 2.21. The zero-order chi connectivity index (χ0) is 19.1. The lowest BCUT2D eigenvalue weighted by Gasteiger charge is -2.30. The van der Waals surface area contributed by atoms with Crippen molar-refractivity contribution in [3.8, 4) is 0 Å². The van der Waals surface area contributed by atoms with E-state index in [1.807, 2.05) is 19.1 Å². The van der Waals surface area contributed by atoms with E-state index in [0.717, 1.165) is 5.56 Å². The van der Waals surface area contributed by atoms with Crippen LogP contribution in [0.15, 0.2) is 48.5 Å². The van der Waals surface area contributed by atoms with Crippen molar-refractivity contribution in [3.05, 3.63) is 70.5 Å². The molecule has 0 bridgehead atoms. The van der Waals surface area contributed by atoms with E-state index >= 15 is 0 Å². The van der Waals surface area contributed by atoms with Crippen molar-refractivity contribution < 1.29 is 14.0 Å². The lowest BCUT2D eigenvalue weighted by atomic mass is 10.1. The molecule has 0 radical (unpaired) electrons. The lowest BCUT2D eigenvalue weighted by molar-refractivity contribution is -0.140. The van der Waals surface area contributed by atoms with Crippen LogP contribution >= 0.6 is 11.6 Å². The molecule has 4 nitrogen and oxygen atoms in total. The zero-order valence-corrected chi connectivity index (χ0v) is 15.6. The number of benzene rings is 2. The van der Waals surface area contributed by atoms with Gasteiger partial charge in [-0.25, -0.2) is 4.39 Å². The normalized spacial score (nSPS) is 11.7. The van der Waals surface area contributed by atoms with Gasteiger partial charge in [0.25, 0.3) is 0 Å². The summed E-state index contributed by atoms with van der Waals surface area (Å²) in [5, 5.41) is 3.10. The first kappa shape index (κ1) is 19.9. The predicted molar refractivity (Wildman–Crippen MR) is 100 cm³/mol. The molecule has 0 aliphatic heterocycles. The van der Waals surface area contributed by atoms with Crippen LogP contribution in [0, 0.1) is 5.82 Å². The molecule has 1 unspecified atom stereocenters. The third kappa shape index (κ3) is 4.82. The molecule has 0 saturated heterocycles. The highest BCUT2D eigenvalue weighted by Gasteiger charge is 2.28. The van der Waals surface area contributed by atoms with Gasteiger partial charge in [0.05, 0.1) is 6.42 Å². The van der Waals surface area contributed by atoms with Crippen LogP contribution in [0.3, 0.4) is 0 Å². The number of likely N-dealkylation sites (N-methyl/N-ethyl adjacent to an activating group) is 1. The maximum absolute atomic E-state index is 13.9. The third-order valence-corrected chi connectivity index (χ3v) is 4.60. The van der Waals surface area contributed by atoms with E-state index in [4.69, 9.17) is 11.6 Å². The number of nitrogens with zero attached hydrogens (tertiary/aromatic N) is 1. The molecule has 2 aromatic carbocycles. The summed E-state index contributed by atoms with van der Waals surface area (Å²) < 4.78 is 13.9. The molecule has 0 heterocycles. The molecule has 0 aliphatic carbocycles. The molecule has 0 aliphatic rings. The lowest BCUT2D eigenvalue weighted by Crippen LogP contribution is -2.48. The minimum atomic E-state index is -0.657. The molecular formula is C20H22ClFN2O2. The van der Waals surface area contributed by atoms with Gasteiger partial charge in [0.2, 0.25) is 11.8 Å². The number of halogens is 2. The third-order valence-electron chi connectivity index (χ3n) is 4.23. The molecule has 138 valence electrons. The van der Waals surface area contributed by atoms with Gasteiger partial charge in [0.15, 0.2) is 0 Å². The van der Waals surface area contributed by atoms with Gasteiger partial charge in [-0.2, -0.15) is 0 Å². The second-order valence-electron chi connectivity index (χ2n) is 5.92. The molecule has 0 saturated carbocycles. The maximum Gasteiger partial charge on any atom is 0.242 e. The second kappa shape index (κ2) is 9.34. The molecule has 2 rings (SSSR count). The quantitative estimate of drug-likeness (QED) is 0.803. The summed E-state index contributed by atoms with van der Waals surface area (Å²) in [6, 6.07) is 12.6. The Morgan fingerprint density at radius 1 is 1.12 bits per heavy atom. The highest BCUT2D eigenvalue weighted by atomic mass is 35.5. The van der Waals surface area contributed by atoms with Crippen LogP contribution in [0.25, 0.3) is 0 Å². The monoisotopic (exact) mass is 376 g/mol. The summed E-state index contributed by atoms with van der Waals surface area (Å²) in [7, 11) is 1.53. The molecule has 0 fully saturated rings. The van der Waals surface area contributed by atoms with Gasteiger partial charge < -0.3 is 10.2 Å². The van der Waals surface area contributed by atoms with Crippen LogP contribution in [0.1, 0.15) is 24.5 Å². The van der Waals surface area contributed by atoms with Crippen LogP contribution in [-0.2, 0) is 22.6 Å². The number of hydrogen-bond donors (Lipinski definition) is 1. The molecule has 0 spiro atoms. The van der Waals surface area contributed by atoms with E-state index in [-0.39, 0.29) is 24.8 Å². The van der Waals surface area contributed by atoms with Crippen molar-refractivity contribution in [2.45, 2.75) is 32.4 Å². The Kier molecular flexibility index (Phi) is 7.16. The van der Waals surface area contributed by atoms with Gasteiger partial charge in [-0.05, 0) is 29.7 Å². The fourth-order valence-corrected chi connectivity index (χ4v) is 3.00. The smallest absolute Gasteiger partial charge is 0.242 e. The van der Waals surface area contributed by atoms with Crippen molar-refractivity contribution in [1.29, 1.82) is 0 Å². The molecule has 1 atom stereocenters. The summed E-state index contributed by atoms with van der Waals surface area (Å²) in [5.41, 5.74) is 1.03. The summed E-state index contributed by atoms with van der Waals surface area (Å²) in [6.07, 6.45) is 0.317. The zero-order valence-electron chi connectivity index (χ0n) is 14.8. The molecule has 1 N–H and O–H groups in total. The SMILES string of the molecule is CCC(C(=O)NC)N(Cc1ccccc1Cl)C(=O)Cc1ccccc1F. The summed E-state index contributed by atoms with van der Waals surface area (Å²) >= 11 is 6.22. The van der Waals surface area contributed by atoms with Gasteiger partial charge in [0, 0.05) is 18.6 Å². The van der Waals surface area contributed by atoms with E-state index in [1.54, 1.807) is 30.3 Å². The van der Waals surface area contributed by atoms with Crippen molar-refractivity contribution in [2.24, 2.45) is 0 Å². The fraction of sp³-hybridized carbons (Fsp3) is 0.300. The van der Waals surface area contributed by atoms with E-state index in [2.05, 4.69) is 5.32 Å². The number of carbonyl (C=O) groups excluding carboxylic acids is 2. The molecule has 6 heteroatoms. The Morgan fingerprint density at radius 2 is 1.73 bits per heavy atom.